The van der Waals surface area contributed by atoms with Gasteiger partial charge in [-0.15, -0.1) is 4.67 Å². The van der Waals surface area contributed by atoms with Gasteiger partial charge in [0.2, 0.25) is 0 Å². The van der Waals surface area contributed by atoms with Crippen molar-refractivity contribution in [1.82, 2.24) is 0 Å². The minimum Gasteiger partial charge on any atom is -0.462 e. The van der Waals surface area contributed by atoms with Gasteiger partial charge in [-0.1, -0.05) is 141 Å². The van der Waals surface area contributed by atoms with E-state index in [4.69, 9.17) is 14.0 Å². The Balaban J connectivity index is 4.13. The summed E-state index contributed by atoms with van der Waals surface area (Å²) >= 11 is 0. The number of phosphoric acid groups is 1. The van der Waals surface area contributed by atoms with Crippen LogP contribution in [0.2, 0.25) is 0 Å². The van der Waals surface area contributed by atoms with Crippen molar-refractivity contribution in [1.29, 1.82) is 0 Å². The molecular weight excluding hydrogens is 655 g/mol. The first-order valence-corrected chi connectivity index (χ1v) is 21.7. The number of carbonyl (C=O) groups excluding carboxylic acids is 2. The molecule has 0 aliphatic rings. The van der Waals surface area contributed by atoms with Gasteiger partial charge in [0.15, 0.2) is 6.10 Å². The van der Waals surface area contributed by atoms with E-state index in [1.54, 1.807) is 0 Å². The molecule has 0 fully saturated rings. The smallest absolute Gasteiger partial charge is 0.462 e. The van der Waals surface area contributed by atoms with Crippen LogP contribution in [0.5, 0.6) is 0 Å². The Kier molecular flexibility index (Phi) is 36.1. The van der Waals surface area contributed by atoms with Gasteiger partial charge in [0.25, 0.3) is 0 Å². The number of hydrogen-bond donors (Lipinski definition) is 1. The van der Waals surface area contributed by atoms with E-state index in [9.17, 15) is 19.0 Å². The van der Waals surface area contributed by atoms with Gasteiger partial charge in [0.1, 0.15) is 6.61 Å². The predicted molar refractivity (Wildman–Crippen MR) is 204 cm³/mol. The maximum absolute atomic E-state index is 12.5. The van der Waals surface area contributed by atoms with E-state index in [-0.39, 0.29) is 19.4 Å². The van der Waals surface area contributed by atoms with Crippen LogP contribution in [-0.4, -0.2) is 43.3 Å². The van der Waals surface area contributed by atoms with Crippen LogP contribution < -0.4 is 0 Å². The second-order valence-corrected chi connectivity index (χ2v) is 14.8. The second kappa shape index (κ2) is 37.3. The monoisotopic (exact) mass is 731 g/mol. The average molecular weight is 731 g/mol. The number of allylic oxidation sites excluding steroid dienone is 4. The fourth-order valence-electron chi connectivity index (χ4n) is 5.59. The topological polar surface area (TPSA) is 118 Å². The van der Waals surface area contributed by atoms with Crippen LogP contribution in [0.15, 0.2) is 24.3 Å². The summed E-state index contributed by atoms with van der Waals surface area (Å²) in [5, 5.41) is 0. The Morgan fingerprint density at radius 3 is 1.36 bits per heavy atom. The Morgan fingerprint density at radius 1 is 0.560 bits per heavy atom. The first-order chi connectivity index (χ1) is 24.3. The Bertz CT molecular complexity index is 877. The van der Waals surface area contributed by atoms with Gasteiger partial charge < -0.3 is 14.4 Å². The van der Waals surface area contributed by atoms with Gasteiger partial charge in [-0.2, -0.15) is 0 Å². The van der Waals surface area contributed by atoms with Crippen molar-refractivity contribution in [2.45, 2.75) is 200 Å². The third-order valence-electron chi connectivity index (χ3n) is 8.61. The minimum atomic E-state index is -4.50. The quantitative estimate of drug-likeness (QED) is 0.0165. The van der Waals surface area contributed by atoms with E-state index in [1.807, 2.05) is 0 Å². The molecule has 0 aliphatic carbocycles. The van der Waals surface area contributed by atoms with Crippen molar-refractivity contribution < 1.29 is 42.6 Å². The summed E-state index contributed by atoms with van der Waals surface area (Å²) in [6.45, 7) is 3.75. The highest BCUT2D eigenvalue weighted by molar-refractivity contribution is 7.47. The zero-order valence-electron chi connectivity index (χ0n) is 32.3. The van der Waals surface area contributed by atoms with E-state index in [2.05, 4.69) is 47.7 Å². The summed E-state index contributed by atoms with van der Waals surface area (Å²) in [4.78, 5) is 38.7. The SMILES string of the molecule is CCCCCCCC/C=C\CCCCCCCC(=O)OC[C@@H](COP(=O)(O)OOC)OC(=O)CCCCCCC/C=C\CCCCCCCC. The van der Waals surface area contributed by atoms with Gasteiger partial charge in [-0.3, -0.25) is 14.1 Å². The zero-order chi connectivity index (χ0) is 36.8. The van der Waals surface area contributed by atoms with E-state index in [0.29, 0.717) is 6.42 Å². The lowest BCUT2D eigenvalue weighted by molar-refractivity contribution is -0.200. The number of phosphoric ester groups is 1. The maximum Gasteiger partial charge on any atom is 0.499 e. The molecule has 1 N–H and O–H groups in total. The molecule has 1 unspecified atom stereocenters. The van der Waals surface area contributed by atoms with Crippen molar-refractivity contribution in [3.05, 3.63) is 24.3 Å². The van der Waals surface area contributed by atoms with Crippen LogP contribution in [0.1, 0.15) is 194 Å². The molecule has 9 nitrogen and oxygen atoms in total. The molecule has 0 amide bonds. The summed E-state index contributed by atoms with van der Waals surface area (Å²) in [7, 11) is -3.42. The first-order valence-electron chi connectivity index (χ1n) is 20.2. The van der Waals surface area contributed by atoms with Crippen LogP contribution in [0, 0.1) is 0 Å². The molecule has 50 heavy (non-hydrogen) atoms. The van der Waals surface area contributed by atoms with Crippen LogP contribution in [0.4, 0.5) is 0 Å². The van der Waals surface area contributed by atoms with Gasteiger partial charge in [0.05, 0.1) is 13.7 Å². The predicted octanol–water partition coefficient (Wildman–Crippen LogP) is 12.2. The number of carbonyl (C=O) groups is 2. The van der Waals surface area contributed by atoms with Gasteiger partial charge >= 0.3 is 19.8 Å². The summed E-state index contributed by atoms with van der Waals surface area (Å²) in [5.41, 5.74) is 0. The molecule has 0 saturated carbocycles. The first kappa shape index (κ1) is 48.5. The van der Waals surface area contributed by atoms with Gasteiger partial charge in [-0.05, 0) is 64.2 Å². The van der Waals surface area contributed by atoms with E-state index in [0.717, 1.165) is 77.7 Å². The second-order valence-electron chi connectivity index (χ2n) is 13.5. The van der Waals surface area contributed by atoms with Gasteiger partial charge in [0, 0.05) is 12.8 Å². The fraction of sp³-hybridized carbons (Fsp3) is 0.850. The van der Waals surface area contributed by atoms with E-state index >= 15 is 0 Å². The highest BCUT2D eigenvalue weighted by atomic mass is 31.2. The number of ether oxygens (including phenoxy) is 2. The third kappa shape index (κ3) is 36.3. The molecule has 0 heterocycles. The summed E-state index contributed by atoms with van der Waals surface area (Å²) in [6, 6.07) is 0. The maximum atomic E-state index is 12.5. The number of unbranched alkanes of at least 4 members (excludes halogenated alkanes) is 22. The highest BCUT2D eigenvalue weighted by Crippen LogP contribution is 2.43. The Morgan fingerprint density at radius 2 is 0.940 bits per heavy atom. The summed E-state index contributed by atoms with van der Waals surface area (Å²) < 4.78 is 31.7. The summed E-state index contributed by atoms with van der Waals surface area (Å²) in [6.07, 6.45) is 39.0. The Labute approximate surface area is 306 Å². The molecule has 0 spiro atoms. The molecule has 10 heteroatoms. The summed E-state index contributed by atoms with van der Waals surface area (Å²) in [5.74, 6) is -0.869. The van der Waals surface area contributed by atoms with Crippen molar-refractivity contribution in [3.63, 3.8) is 0 Å². The van der Waals surface area contributed by atoms with Crippen molar-refractivity contribution in [2.24, 2.45) is 0 Å². The molecule has 0 rings (SSSR count). The normalized spacial score (nSPS) is 13.6. The van der Waals surface area contributed by atoms with Crippen LogP contribution in [-0.2, 0) is 37.7 Å². The van der Waals surface area contributed by atoms with E-state index < -0.39 is 32.5 Å². The molecule has 0 radical (unpaired) electrons. The minimum absolute atomic E-state index is 0.211. The van der Waals surface area contributed by atoms with Crippen LogP contribution in [0.25, 0.3) is 0 Å². The largest absolute Gasteiger partial charge is 0.499 e. The van der Waals surface area contributed by atoms with Gasteiger partial charge in [-0.25, -0.2) is 9.45 Å². The average Bonchev–Trinajstić information content (AvgIpc) is 3.09. The standard InChI is InChI=1S/C40H75O9P/c1-4-6-8-10-12-14-16-18-20-22-24-26-28-30-32-34-39(41)46-36-38(37-47-50(43,44)49-45-3)48-40(42)35-33-31-29-27-25-23-21-19-17-15-13-11-9-7-5-2/h18-21,38H,4-17,22-37H2,1-3H3,(H,43,44)/b20-18-,21-19-/t38-/m0/s1. The number of rotatable bonds is 38. The molecule has 0 saturated heterocycles. The van der Waals surface area contributed by atoms with Crippen LogP contribution >= 0.6 is 7.82 Å². The fourth-order valence-corrected chi connectivity index (χ4v) is 6.18. The molecule has 0 aliphatic heterocycles. The molecule has 0 aromatic rings. The molecular formula is C40H75O9P. The molecule has 0 bridgehead atoms. The molecule has 2 atom stereocenters. The van der Waals surface area contributed by atoms with Crippen LogP contribution in [0.3, 0.4) is 0 Å². The van der Waals surface area contributed by atoms with E-state index in [1.165, 1.54) is 89.9 Å². The lowest BCUT2D eigenvalue weighted by Gasteiger charge is -2.19. The van der Waals surface area contributed by atoms with Crippen molar-refractivity contribution in [2.75, 3.05) is 20.3 Å². The van der Waals surface area contributed by atoms with Crippen molar-refractivity contribution >= 4 is 19.8 Å². The zero-order valence-corrected chi connectivity index (χ0v) is 33.2. The lowest BCUT2D eigenvalue weighted by Crippen LogP contribution is -2.29. The lowest BCUT2D eigenvalue weighted by atomic mass is 10.1. The number of hydrogen-bond acceptors (Lipinski definition) is 8. The highest BCUT2D eigenvalue weighted by Gasteiger charge is 2.27. The molecule has 0 aromatic carbocycles. The number of esters is 2. The van der Waals surface area contributed by atoms with Crippen molar-refractivity contribution in [3.8, 4) is 0 Å². The molecule has 0 aromatic heterocycles. The molecule has 294 valence electrons. The third-order valence-corrected chi connectivity index (χ3v) is 9.42. The Hall–Kier alpha value is -1.51.